The van der Waals surface area contributed by atoms with Crippen LogP contribution in [0.3, 0.4) is 0 Å². The molecule has 0 aliphatic heterocycles. The molecule has 0 saturated heterocycles. The van der Waals surface area contributed by atoms with Crippen LogP contribution in [-0.4, -0.2) is 20.6 Å². The number of rotatable bonds is 5. The predicted octanol–water partition coefficient (Wildman–Crippen LogP) is 4.23. The fraction of sp³-hybridized carbons (Fsp3) is 0.286. The second-order valence-electron chi connectivity index (χ2n) is 7.12. The zero-order chi connectivity index (χ0) is 19.5. The molecule has 0 bridgehead atoms. The molecule has 4 rings (SSSR count). The van der Waals surface area contributed by atoms with E-state index < -0.39 is 0 Å². The number of aromatic nitrogens is 3. The van der Waals surface area contributed by atoms with E-state index >= 15 is 0 Å². The first kappa shape index (κ1) is 18.6. The lowest BCUT2D eigenvalue weighted by atomic mass is 9.97. The predicted molar refractivity (Wildman–Crippen MR) is 107 cm³/mol. The van der Waals surface area contributed by atoms with Gasteiger partial charge in [-0.25, -0.2) is 14.2 Å². The quantitative estimate of drug-likeness (QED) is 0.698. The van der Waals surface area contributed by atoms with Crippen molar-refractivity contribution in [3.8, 4) is 0 Å². The van der Waals surface area contributed by atoms with Crippen molar-refractivity contribution in [1.29, 1.82) is 0 Å². The Morgan fingerprint density at radius 3 is 2.57 bits per heavy atom. The number of benzene rings is 2. The molecule has 0 spiro atoms. The Hall–Kier alpha value is -2.73. The molecular weight excluding hydrogens is 379 g/mol. The van der Waals surface area contributed by atoms with Gasteiger partial charge < -0.3 is 5.32 Å². The molecule has 1 N–H and O–H groups in total. The second-order valence-corrected chi connectivity index (χ2v) is 7.56. The normalized spacial score (nSPS) is 18.9. The maximum Gasteiger partial charge on any atom is 0.352 e. The second kappa shape index (κ2) is 8.10. The average molecular weight is 399 g/mol. The molecule has 3 aromatic rings. The molecule has 2 atom stereocenters. The van der Waals surface area contributed by atoms with Crippen LogP contribution in [0.25, 0.3) is 0 Å². The molecule has 1 aromatic heterocycles. The minimum atomic E-state index is -0.347. The van der Waals surface area contributed by atoms with Crippen LogP contribution in [-0.2, 0) is 6.54 Å². The topological polar surface area (TPSA) is 59.8 Å². The molecule has 1 saturated carbocycles. The first-order valence-corrected chi connectivity index (χ1v) is 9.64. The zero-order valence-electron chi connectivity index (χ0n) is 15.2. The summed E-state index contributed by atoms with van der Waals surface area (Å²) >= 11 is 5.89. The van der Waals surface area contributed by atoms with Crippen LogP contribution in [0.15, 0.2) is 59.7 Å². The standard InChI is InChI=1S/C21H20ClFN4O/c22-17-6-1-14(2-7-17)12-27-13-24-20(26-21(27)28)25-19-10-5-16(11-19)15-3-8-18(23)9-4-15/h1-4,6-9,13,16,19H,5,10-12H2,(H,25,26,28)/t16-,19+/m1/s1. The van der Waals surface area contributed by atoms with E-state index in [4.69, 9.17) is 11.6 Å². The van der Waals surface area contributed by atoms with Gasteiger partial charge in [0.2, 0.25) is 5.95 Å². The monoisotopic (exact) mass is 398 g/mol. The van der Waals surface area contributed by atoms with Gasteiger partial charge in [0, 0.05) is 11.1 Å². The average Bonchev–Trinajstić information content (AvgIpc) is 3.15. The third kappa shape index (κ3) is 4.39. The van der Waals surface area contributed by atoms with Gasteiger partial charge in [0.1, 0.15) is 12.1 Å². The molecule has 1 aliphatic carbocycles. The van der Waals surface area contributed by atoms with Gasteiger partial charge in [0.15, 0.2) is 0 Å². The summed E-state index contributed by atoms with van der Waals surface area (Å²) < 4.78 is 14.6. The van der Waals surface area contributed by atoms with Crippen LogP contribution < -0.4 is 11.0 Å². The van der Waals surface area contributed by atoms with Gasteiger partial charge >= 0.3 is 5.69 Å². The van der Waals surface area contributed by atoms with Gasteiger partial charge in [-0.2, -0.15) is 4.98 Å². The number of nitrogens with one attached hydrogen (secondary N) is 1. The van der Waals surface area contributed by atoms with Crippen LogP contribution in [0.1, 0.15) is 36.3 Å². The number of hydrogen-bond donors (Lipinski definition) is 1. The Morgan fingerprint density at radius 2 is 1.86 bits per heavy atom. The molecule has 28 heavy (non-hydrogen) atoms. The summed E-state index contributed by atoms with van der Waals surface area (Å²) in [5.41, 5.74) is 1.75. The lowest BCUT2D eigenvalue weighted by Gasteiger charge is -2.14. The molecule has 144 valence electrons. The summed E-state index contributed by atoms with van der Waals surface area (Å²) in [5, 5.41) is 3.92. The van der Waals surface area contributed by atoms with Gasteiger partial charge in [-0.1, -0.05) is 35.9 Å². The third-order valence-corrected chi connectivity index (χ3v) is 5.39. The Labute approximate surface area is 167 Å². The summed E-state index contributed by atoms with van der Waals surface area (Å²) in [4.78, 5) is 20.7. The first-order valence-electron chi connectivity index (χ1n) is 9.27. The molecule has 7 heteroatoms. The molecule has 0 radical (unpaired) electrons. The number of anilines is 1. The molecular formula is C21H20ClFN4O. The fourth-order valence-corrected chi connectivity index (χ4v) is 3.78. The fourth-order valence-electron chi connectivity index (χ4n) is 3.65. The highest BCUT2D eigenvalue weighted by atomic mass is 35.5. The number of hydrogen-bond acceptors (Lipinski definition) is 4. The van der Waals surface area contributed by atoms with Crippen molar-refractivity contribution in [2.45, 2.75) is 37.8 Å². The summed E-state index contributed by atoms with van der Waals surface area (Å²) in [5.74, 6) is 0.509. The molecule has 1 heterocycles. The van der Waals surface area contributed by atoms with E-state index in [0.29, 0.717) is 23.4 Å². The molecule has 2 aromatic carbocycles. The van der Waals surface area contributed by atoms with Crippen molar-refractivity contribution >= 4 is 17.5 Å². The Kier molecular flexibility index (Phi) is 5.39. The van der Waals surface area contributed by atoms with Crippen LogP contribution in [0.2, 0.25) is 5.02 Å². The SMILES string of the molecule is O=c1nc(N[C@H]2CC[C@@H](c3ccc(F)cc3)C2)ncn1Cc1ccc(Cl)cc1. The maximum atomic E-state index is 13.1. The Morgan fingerprint density at radius 1 is 1.11 bits per heavy atom. The van der Waals surface area contributed by atoms with Crippen molar-refractivity contribution < 1.29 is 4.39 Å². The largest absolute Gasteiger partial charge is 0.352 e. The third-order valence-electron chi connectivity index (χ3n) is 5.14. The van der Waals surface area contributed by atoms with Gasteiger partial charge in [-0.3, -0.25) is 4.57 Å². The lowest BCUT2D eigenvalue weighted by Crippen LogP contribution is -2.27. The van der Waals surface area contributed by atoms with Crippen LogP contribution in [0, 0.1) is 5.82 Å². The van der Waals surface area contributed by atoms with Crippen molar-refractivity contribution in [3.63, 3.8) is 0 Å². The van der Waals surface area contributed by atoms with Gasteiger partial charge in [0.05, 0.1) is 6.54 Å². The minimum Gasteiger partial charge on any atom is -0.351 e. The Balaban J connectivity index is 1.39. The van der Waals surface area contributed by atoms with E-state index in [0.717, 1.165) is 30.4 Å². The lowest BCUT2D eigenvalue weighted by molar-refractivity contribution is 0.624. The molecule has 5 nitrogen and oxygen atoms in total. The zero-order valence-corrected chi connectivity index (χ0v) is 15.9. The van der Waals surface area contributed by atoms with Crippen molar-refractivity contribution in [2.24, 2.45) is 0 Å². The van der Waals surface area contributed by atoms with Crippen LogP contribution in [0.4, 0.5) is 10.3 Å². The van der Waals surface area contributed by atoms with E-state index in [9.17, 15) is 9.18 Å². The van der Waals surface area contributed by atoms with E-state index in [1.54, 1.807) is 12.1 Å². The van der Waals surface area contributed by atoms with Gasteiger partial charge in [-0.15, -0.1) is 0 Å². The van der Waals surface area contributed by atoms with E-state index in [2.05, 4.69) is 15.3 Å². The highest BCUT2D eigenvalue weighted by Crippen LogP contribution is 2.35. The number of nitrogens with zero attached hydrogens (tertiary/aromatic N) is 3. The number of halogens is 2. The van der Waals surface area contributed by atoms with E-state index in [1.165, 1.54) is 23.0 Å². The summed E-state index contributed by atoms with van der Waals surface area (Å²) in [6.07, 6.45) is 4.39. The minimum absolute atomic E-state index is 0.196. The van der Waals surface area contributed by atoms with E-state index in [-0.39, 0.29) is 17.5 Å². The summed E-state index contributed by atoms with van der Waals surface area (Å²) in [6, 6.07) is 14.2. The highest BCUT2D eigenvalue weighted by molar-refractivity contribution is 6.30. The van der Waals surface area contributed by atoms with Crippen LogP contribution >= 0.6 is 11.6 Å². The molecule has 0 unspecified atom stereocenters. The summed E-state index contributed by atoms with van der Waals surface area (Å²) in [7, 11) is 0. The van der Waals surface area contributed by atoms with Crippen molar-refractivity contribution in [3.05, 3.63) is 87.3 Å². The molecule has 1 aliphatic rings. The van der Waals surface area contributed by atoms with Gasteiger partial charge in [0.25, 0.3) is 0 Å². The molecule has 1 fully saturated rings. The van der Waals surface area contributed by atoms with Crippen molar-refractivity contribution in [1.82, 2.24) is 14.5 Å². The maximum absolute atomic E-state index is 13.1. The van der Waals surface area contributed by atoms with Crippen molar-refractivity contribution in [2.75, 3.05) is 5.32 Å². The smallest absolute Gasteiger partial charge is 0.351 e. The summed E-state index contributed by atoms with van der Waals surface area (Å²) in [6.45, 7) is 0.395. The highest BCUT2D eigenvalue weighted by Gasteiger charge is 2.26. The first-order chi connectivity index (χ1) is 13.6. The van der Waals surface area contributed by atoms with Gasteiger partial charge in [-0.05, 0) is 60.6 Å². The molecule has 0 amide bonds. The Bertz CT molecular complexity index is 1000. The van der Waals surface area contributed by atoms with E-state index in [1.807, 2.05) is 24.3 Å². The van der Waals surface area contributed by atoms with Crippen LogP contribution in [0.5, 0.6) is 0 Å².